The summed E-state index contributed by atoms with van der Waals surface area (Å²) in [6, 6.07) is 18.6. The van der Waals surface area contributed by atoms with E-state index in [0.717, 1.165) is 58.0 Å². The largest absolute Gasteiger partial charge is 0.506 e. The van der Waals surface area contributed by atoms with Crippen LogP contribution >= 0.6 is 0 Å². The van der Waals surface area contributed by atoms with E-state index in [-0.39, 0.29) is 5.91 Å². The molecule has 2 aliphatic heterocycles. The zero-order valence-electron chi connectivity index (χ0n) is 17.9. The number of para-hydroxylation sites is 2. The molecule has 2 heterocycles. The van der Waals surface area contributed by atoms with Crippen molar-refractivity contribution in [2.75, 3.05) is 63.8 Å². The molecule has 1 atom stereocenters. The quantitative estimate of drug-likeness (QED) is 0.628. The van der Waals surface area contributed by atoms with Gasteiger partial charge in [-0.25, -0.2) is 0 Å². The molecule has 0 saturated carbocycles. The number of carbonyl (C=O) groups excluding carboxylic acids is 1. The van der Waals surface area contributed by atoms with Crippen LogP contribution in [-0.2, 0) is 4.79 Å². The maximum atomic E-state index is 12.9. The predicted molar refractivity (Wildman–Crippen MR) is 118 cm³/mol. The fraction of sp³-hybridized carbons (Fsp3) is 0.458. The molecule has 30 heavy (non-hydrogen) atoms. The van der Waals surface area contributed by atoms with Gasteiger partial charge in [0.1, 0.15) is 11.8 Å². The van der Waals surface area contributed by atoms with E-state index < -0.39 is 0 Å². The van der Waals surface area contributed by atoms with E-state index in [1.807, 2.05) is 18.2 Å². The molecule has 0 radical (unpaired) electrons. The molecule has 6 nitrogen and oxygen atoms in total. The SMILES string of the molecule is C[C@@H](c1ccccc1)[NH+]1CCN(C(=O)C[NH+]2CCN(c3ccccc3O)CC2)CC1. The van der Waals surface area contributed by atoms with E-state index in [1.54, 1.807) is 11.0 Å². The molecule has 0 spiro atoms. The van der Waals surface area contributed by atoms with E-state index in [0.29, 0.717) is 18.3 Å². The number of rotatable bonds is 5. The molecule has 2 fully saturated rings. The monoisotopic (exact) mass is 410 g/mol. The highest BCUT2D eigenvalue weighted by Crippen LogP contribution is 2.25. The van der Waals surface area contributed by atoms with Crippen LogP contribution in [0.15, 0.2) is 54.6 Å². The summed E-state index contributed by atoms with van der Waals surface area (Å²) < 4.78 is 0. The Morgan fingerprint density at radius 3 is 2.23 bits per heavy atom. The third-order valence-corrected chi connectivity index (χ3v) is 6.76. The van der Waals surface area contributed by atoms with Crippen LogP contribution in [0.2, 0.25) is 0 Å². The van der Waals surface area contributed by atoms with Crippen LogP contribution in [0, 0.1) is 0 Å². The second kappa shape index (κ2) is 9.49. The van der Waals surface area contributed by atoms with E-state index in [2.05, 4.69) is 47.1 Å². The van der Waals surface area contributed by atoms with Crippen molar-refractivity contribution in [2.24, 2.45) is 0 Å². The minimum atomic E-state index is 0.285. The number of piperazine rings is 2. The van der Waals surface area contributed by atoms with Gasteiger partial charge in [-0.3, -0.25) is 4.79 Å². The molecule has 0 bridgehead atoms. The van der Waals surface area contributed by atoms with Crippen molar-refractivity contribution >= 4 is 11.6 Å². The maximum Gasteiger partial charge on any atom is 0.278 e. The number of amides is 1. The van der Waals surface area contributed by atoms with Crippen LogP contribution in [0.25, 0.3) is 0 Å². The van der Waals surface area contributed by atoms with Crippen LogP contribution < -0.4 is 14.7 Å². The third-order valence-electron chi connectivity index (χ3n) is 6.76. The molecule has 0 aromatic heterocycles. The highest BCUT2D eigenvalue weighted by Gasteiger charge is 2.30. The Labute approximate surface area is 179 Å². The summed E-state index contributed by atoms with van der Waals surface area (Å²) in [5, 5.41) is 10.1. The minimum absolute atomic E-state index is 0.285. The first-order chi connectivity index (χ1) is 14.6. The van der Waals surface area contributed by atoms with E-state index in [9.17, 15) is 9.90 Å². The molecule has 1 amide bonds. The van der Waals surface area contributed by atoms with Crippen LogP contribution in [0.5, 0.6) is 5.75 Å². The van der Waals surface area contributed by atoms with Crippen molar-refractivity contribution in [2.45, 2.75) is 13.0 Å². The first kappa shape index (κ1) is 20.7. The lowest BCUT2D eigenvalue weighted by molar-refractivity contribution is -0.933. The first-order valence-corrected chi connectivity index (χ1v) is 11.2. The van der Waals surface area contributed by atoms with Crippen LogP contribution in [0.4, 0.5) is 5.69 Å². The summed E-state index contributed by atoms with van der Waals surface area (Å²) in [6.45, 7) is 10.2. The van der Waals surface area contributed by atoms with E-state index in [1.165, 1.54) is 10.5 Å². The number of hydrogen-bond acceptors (Lipinski definition) is 3. The molecule has 3 N–H and O–H groups in total. The van der Waals surface area contributed by atoms with Gasteiger partial charge in [0.2, 0.25) is 0 Å². The molecule has 2 aliphatic rings. The number of anilines is 1. The molecule has 4 rings (SSSR count). The van der Waals surface area contributed by atoms with E-state index in [4.69, 9.17) is 0 Å². The lowest BCUT2D eigenvalue weighted by Crippen LogP contribution is -3.16. The summed E-state index contributed by atoms with van der Waals surface area (Å²) >= 11 is 0. The Morgan fingerprint density at radius 1 is 0.933 bits per heavy atom. The van der Waals surface area contributed by atoms with E-state index >= 15 is 0 Å². The average Bonchev–Trinajstić information content (AvgIpc) is 2.80. The Kier molecular flexibility index (Phi) is 6.55. The maximum absolute atomic E-state index is 12.9. The van der Waals surface area contributed by atoms with Gasteiger partial charge in [-0.2, -0.15) is 0 Å². The molecular weight excluding hydrogens is 376 g/mol. The number of quaternary nitrogens is 2. The Balaban J connectivity index is 1.22. The molecular formula is C24H34N4O2+2. The highest BCUT2D eigenvalue weighted by atomic mass is 16.3. The smallest absolute Gasteiger partial charge is 0.278 e. The zero-order chi connectivity index (χ0) is 20.9. The van der Waals surface area contributed by atoms with Gasteiger partial charge in [-0.05, 0) is 19.1 Å². The van der Waals surface area contributed by atoms with Gasteiger partial charge in [0.05, 0.1) is 58.0 Å². The minimum Gasteiger partial charge on any atom is -0.506 e. The summed E-state index contributed by atoms with van der Waals surface area (Å²) in [4.78, 5) is 20.0. The van der Waals surface area contributed by atoms with Gasteiger partial charge in [0, 0.05) is 5.56 Å². The number of nitrogens with zero attached hydrogens (tertiary/aromatic N) is 2. The van der Waals surface area contributed by atoms with Crippen molar-refractivity contribution in [3.05, 3.63) is 60.2 Å². The van der Waals surface area contributed by atoms with Crippen LogP contribution in [0.3, 0.4) is 0 Å². The molecule has 0 unspecified atom stereocenters. The lowest BCUT2D eigenvalue weighted by atomic mass is 10.1. The molecule has 2 aromatic rings. The van der Waals surface area contributed by atoms with Crippen molar-refractivity contribution in [3.63, 3.8) is 0 Å². The Hall–Kier alpha value is -2.57. The van der Waals surface area contributed by atoms with Gasteiger partial charge in [0.25, 0.3) is 5.91 Å². The number of aromatic hydroxyl groups is 1. The number of carbonyl (C=O) groups is 1. The van der Waals surface area contributed by atoms with Gasteiger partial charge >= 0.3 is 0 Å². The fourth-order valence-corrected chi connectivity index (χ4v) is 4.75. The average molecular weight is 411 g/mol. The lowest BCUT2D eigenvalue weighted by Gasteiger charge is -2.37. The fourth-order valence-electron chi connectivity index (χ4n) is 4.75. The Bertz CT molecular complexity index is 828. The van der Waals surface area contributed by atoms with Crippen LogP contribution in [0.1, 0.15) is 18.5 Å². The summed E-state index contributed by atoms with van der Waals surface area (Å²) in [7, 11) is 0. The molecule has 2 saturated heterocycles. The second-order valence-corrected chi connectivity index (χ2v) is 8.57. The number of phenols is 1. The summed E-state index contributed by atoms with van der Waals surface area (Å²) in [6.07, 6.45) is 0. The number of hydrogen-bond donors (Lipinski definition) is 3. The van der Waals surface area contributed by atoms with Crippen LogP contribution in [-0.4, -0.2) is 74.8 Å². The number of phenolic OH excluding ortho intramolecular Hbond substituents is 1. The zero-order valence-corrected chi connectivity index (χ0v) is 17.9. The summed E-state index contributed by atoms with van der Waals surface area (Å²) in [5.41, 5.74) is 2.27. The predicted octanol–water partition coefficient (Wildman–Crippen LogP) is -0.415. The van der Waals surface area contributed by atoms with Gasteiger partial charge in [-0.15, -0.1) is 0 Å². The topological polar surface area (TPSA) is 52.7 Å². The second-order valence-electron chi connectivity index (χ2n) is 8.57. The third kappa shape index (κ3) is 4.77. The Morgan fingerprint density at radius 2 is 1.57 bits per heavy atom. The molecule has 6 heteroatoms. The van der Waals surface area contributed by atoms with Gasteiger partial charge < -0.3 is 24.7 Å². The number of nitrogens with one attached hydrogen (secondary N) is 2. The summed E-state index contributed by atoms with van der Waals surface area (Å²) in [5.74, 6) is 0.620. The van der Waals surface area contributed by atoms with Gasteiger partial charge in [-0.1, -0.05) is 42.5 Å². The van der Waals surface area contributed by atoms with Gasteiger partial charge in [0.15, 0.2) is 6.54 Å². The molecule has 0 aliphatic carbocycles. The highest BCUT2D eigenvalue weighted by molar-refractivity contribution is 5.77. The van der Waals surface area contributed by atoms with Crippen molar-refractivity contribution in [3.8, 4) is 5.75 Å². The van der Waals surface area contributed by atoms with Crippen molar-refractivity contribution < 1.29 is 19.7 Å². The normalized spacial score (nSPS) is 19.6. The molecule has 2 aromatic carbocycles. The first-order valence-electron chi connectivity index (χ1n) is 11.2. The van der Waals surface area contributed by atoms with Crippen molar-refractivity contribution in [1.82, 2.24) is 4.90 Å². The molecule has 160 valence electrons. The van der Waals surface area contributed by atoms with Crippen molar-refractivity contribution in [1.29, 1.82) is 0 Å². The number of benzene rings is 2. The standard InChI is InChI=1S/C24H32N4O2/c1-20(21-7-3-2-4-8-21)26-15-17-28(18-16-26)24(30)19-25-11-13-27(14-12-25)22-9-5-6-10-23(22)29/h2-10,20,29H,11-19H2,1H3/p+2/t20-/m0/s1.